The summed E-state index contributed by atoms with van der Waals surface area (Å²) in [6, 6.07) is 0. The Morgan fingerprint density at radius 1 is 0.792 bits per heavy atom. The van der Waals surface area contributed by atoms with E-state index in [1.165, 1.54) is 45.4 Å². The average Bonchev–Trinajstić information content (AvgIpc) is 2.52. The number of primary amides is 1. The Bertz CT molecular complexity index is 288. The van der Waals surface area contributed by atoms with Gasteiger partial charge in [-0.3, -0.25) is 4.79 Å². The first-order valence-electron chi connectivity index (χ1n) is 9.21. The number of unbranched alkanes of at least 4 members (excludes halogenated alkanes) is 6. The van der Waals surface area contributed by atoms with E-state index in [-0.39, 0.29) is 5.91 Å². The predicted molar refractivity (Wildman–Crippen MR) is 106 cm³/mol. The molecule has 0 aliphatic carbocycles. The zero-order chi connectivity index (χ0) is 18.7. The minimum atomic E-state index is -2.51. The molecule has 0 aromatic carbocycles. The molecule has 146 valence electrons. The van der Waals surface area contributed by atoms with Crippen LogP contribution in [0.15, 0.2) is 0 Å². The lowest BCUT2D eigenvalue weighted by Gasteiger charge is -2.22. The highest BCUT2D eigenvalue weighted by molar-refractivity contribution is 8.07. The third-order valence-corrected chi connectivity index (χ3v) is 5.44. The van der Waals surface area contributed by atoms with Crippen molar-refractivity contribution in [2.75, 3.05) is 19.8 Å². The molecule has 0 aliphatic rings. The van der Waals surface area contributed by atoms with Crippen LogP contribution in [-0.4, -0.2) is 25.7 Å². The van der Waals surface area contributed by atoms with Gasteiger partial charge in [-0.1, -0.05) is 59.3 Å². The SMILES string of the molecule is CC(N)=O.CCCCCOP(=S)(OCCCCC)OCCCCC. The molecule has 7 heteroatoms. The summed E-state index contributed by atoms with van der Waals surface area (Å²) < 4.78 is 17.3. The van der Waals surface area contributed by atoms with Crippen LogP contribution in [0.4, 0.5) is 0 Å². The fraction of sp³-hybridized carbons (Fsp3) is 0.941. The van der Waals surface area contributed by atoms with Crippen LogP contribution in [0.3, 0.4) is 0 Å². The van der Waals surface area contributed by atoms with Crippen molar-refractivity contribution in [3.63, 3.8) is 0 Å². The summed E-state index contributed by atoms with van der Waals surface area (Å²) in [4.78, 5) is 9.22. The van der Waals surface area contributed by atoms with Gasteiger partial charge in [-0.05, 0) is 31.1 Å². The minimum Gasteiger partial charge on any atom is -0.370 e. The lowest BCUT2D eigenvalue weighted by Crippen LogP contribution is -2.04. The van der Waals surface area contributed by atoms with Crippen LogP contribution in [-0.2, 0) is 30.2 Å². The van der Waals surface area contributed by atoms with Crippen molar-refractivity contribution >= 4 is 24.4 Å². The molecule has 0 spiro atoms. The van der Waals surface area contributed by atoms with Crippen LogP contribution >= 0.6 is 6.72 Å². The van der Waals surface area contributed by atoms with E-state index >= 15 is 0 Å². The van der Waals surface area contributed by atoms with E-state index in [9.17, 15) is 4.79 Å². The second-order valence-corrected chi connectivity index (χ2v) is 8.69. The van der Waals surface area contributed by atoms with Crippen LogP contribution in [0.5, 0.6) is 0 Å². The maximum absolute atomic E-state index is 9.22. The second kappa shape index (κ2) is 19.3. The normalized spacial score (nSPS) is 11.0. The molecule has 0 atom stereocenters. The van der Waals surface area contributed by atoms with Gasteiger partial charge in [-0.2, -0.15) is 0 Å². The summed E-state index contributed by atoms with van der Waals surface area (Å²) in [7, 11) is 0. The highest BCUT2D eigenvalue weighted by Gasteiger charge is 2.20. The Kier molecular flexibility index (Phi) is 21.1. The Balaban J connectivity index is 0. The third-order valence-electron chi connectivity index (χ3n) is 2.99. The Morgan fingerprint density at radius 3 is 1.25 bits per heavy atom. The molecule has 0 aromatic rings. The summed E-state index contributed by atoms with van der Waals surface area (Å²) >= 11 is 5.50. The third kappa shape index (κ3) is 22.0. The first kappa shape index (κ1) is 26.2. The van der Waals surface area contributed by atoms with Gasteiger partial charge in [-0.25, -0.2) is 0 Å². The van der Waals surface area contributed by atoms with E-state index < -0.39 is 6.72 Å². The monoisotopic (exact) mass is 383 g/mol. The van der Waals surface area contributed by atoms with Gasteiger partial charge in [0.15, 0.2) is 0 Å². The molecule has 0 aromatic heterocycles. The molecule has 24 heavy (non-hydrogen) atoms. The maximum Gasteiger partial charge on any atom is 0.327 e. The van der Waals surface area contributed by atoms with Crippen LogP contribution in [0.1, 0.15) is 85.5 Å². The number of hydrogen-bond donors (Lipinski definition) is 1. The van der Waals surface area contributed by atoms with E-state index in [4.69, 9.17) is 25.4 Å². The smallest absolute Gasteiger partial charge is 0.327 e. The number of amides is 1. The van der Waals surface area contributed by atoms with Gasteiger partial charge in [0.1, 0.15) is 0 Å². The van der Waals surface area contributed by atoms with Crippen molar-refractivity contribution < 1.29 is 18.4 Å². The Morgan fingerprint density at radius 2 is 1.04 bits per heavy atom. The molecular weight excluding hydrogens is 345 g/mol. The highest BCUT2D eigenvalue weighted by Crippen LogP contribution is 2.50. The molecule has 0 saturated heterocycles. The van der Waals surface area contributed by atoms with Crippen molar-refractivity contribution in [1.29, 1.82) is 0 Å². The second-order valence-electron chi connectivity index (χ2n) is 5.68. The van der Waals surface area contributed by atoms with E-state index in [1.807, 2.05) is 0 Å². The van der Waals surface area contributed by atoms with Crippen LogP contribution < -0.4 is 5.73 Å². The summed E-state index contributed by atoms with van der Waals surface area (Å²) in [6.45, 7) is 7.31. The fourth-order valence-corrected chi connectivity index (χ4v) is 3.65. The molecule has 0 aliphatic heterocycles. The van der Waals surface area contributed by atoms with Gasteiger partial charge in [0.05, 0.1) is 19.8 Å². The number of carbonyl (C=O) groups excluding carboxylic acids is 1. The molecule has 0 rings (SSSR count). The molecule has 0 fully saturated rings. The molecular formula is C17H38NO4PS. The zero-order valence-electron chi connectivity index (χ0n) is 16.1. The molecule has 0 saturated carbocycles. The number of nitrogens with two attached hydrogens (primary N) is 1. The van der Waals surface area contributed by atoms with Gasteiger partial charge < -0.3 is 19.3 Å². The van der Waals surface area contributed by atoms with Gasteiger partial charge in [-0.15, -0.1) is 0 Å². The first-order valence-corrected chi connectivity index (χ1v) is 11.8. The Labute approximate surface area is 154 Å². The predicted octanol–water partition coefficient (Wildman–Crippen LogP) is 5.32. The van der Waals surface area contributed by atoms with Crippen molar-refractivity contribution in [3.8, 4) is 0 Å². The first-order chi connectivity index (χ1) is 11.4. The topological polar surface area (TPSA) is 70.8 Å². The van der Waals surface area contributed by atoms with Crippen LogP contribution in [0, 0.1) is 0 Å². The van der Waals surface area contributed by atoms with Crippen molar-refractivity contribution in [2.45, 2.75) is 85.5 Å². The maximum atomic E-state index is 9.22. The van der Waals surface area contributed by atoms with E-state index in [1.54, 1.807) is 0 Å². The highest BCUT2D eigenvalue weighted by atomic mass is 32.5. The van der Waals surface area contributed by atoms with Crippen LogP contribution in [0.2, 0.25) is 0 Å². The molecule has 2 N–H and O–H groups in total. The van der Waals surface area contributed by atoms with Gasteiger partial charge in [0.25, 0.3) is 0 Å². The van der Waals surface area contributed by atoms with Crippen molar-refractivity contribution in [1.82, 2.24) is 0 Å². The molecule has 0 radical (unpaired) electrons. The zero-order valence-corrected chi connectivity index (χ0v) is 17.8. The molecule has 0 unspecified atom stereocenters. The average molecular weight is 384 g/mol. The summed E-state index contributed by atoms with van der Waals surface area (Å²) in [5.74, 6) is -0.333. The van der Waals surface area contributed by atoms with Gasteiger partial charge >= 0.3 is 6.72 Å². The van der Waals surface area contributed by atoms with Gasteiger partial charge in [0.2, 0.25) is 5.91 Å². The van der Waals surface area contributed by atoms with Crippen molar-refractivity contribution in [2.24, 2.45) is 5.73 Å². The standard InChI is InChI=1S/C15H33O3PS.C2H5NO/c1-4-7-10-13-16-19(20,17-14-11-8-5-2)18-15-12-9-6-3;1-2(3)4/h4-15H2,1-3H3;1H3,(H2,3,4). The largest absolute Gasteiger partial charge is 0.370 e. The lowest BCUT2D eigenvalue weighted by atomic mass is 10.3. The number of rotatable bonds is 15. The lowest BCUT2D eigenvalue weighted by molar-refractivity contribution is -0.115. The molecule has 1 amide bonds. The molecule has 5 nitrogen and oxygen atoms in total. The summed E-state index contributed by atoms with van der Waals surface area (Å²) in [5.41, 5.74) is 4.47. The number of carbonyl (C=O) groups is 1. The van der Waals surface area contributed by atoms with Gasteiger partial charge in [0, 0.05) is 6.92 Å². The van der Waals surface area contributed by atoms with E-state index in [2.05, 4.69) is 26.5 Å². The van der Waals surface area contributed by atoms with E-state index in [0.717, 1.165) is 19.3 Å². The van der Waals surface area contributed by atoms with Crippen molar-refractivity contribution in [3.05, 3.63) is 0 Å². The van der Waals surface area contributed by atoms with E-state index in [0.29, 0.717) is 19.8 Å². The fourth-order valence-electron chi connectivity index (χ4n) is 1.70. The quantitative estimate of drug-likeness (QED) is 0.306. The summed E-state index contributed by atoms with van der Waals surface area (Å²) in [6.07, 6.45) is 10.1. The summed E-state index contributed by atoms with van der Waals surface area (Å²) in [5, 5.41) is 0. The number of hydrogen-bond acceptors (Lipinski definition) is 5. The van der Waals surface area contributed by atoms with Crippen LogP contribution in [0.25, 0.3) is 0 Å². The minimum absolute atomic E-state index is 0.333. The molecule has 0 bridgehead atoms. The Hall–Kier alpha value is -0.0000000000000000694. The molecule has 0 heterocycles.